The van der Waals surface area contributed by atoms with Gasteiger partial charge in [0.25, 0.3) is 5.91 Å². The molecule has 0 fully saturated rings. The number of hydrogen-bond acceptors (Lipinski definition) is 5. The van der Waals surface area contributed by atoms with Crippen LogP contribution in [0.15, 0.2) is 34.7 Å². The molecule has 0 saturated heterocycles. The van der Waals surface area contributed by atoms with Crippen LogP contribution in [0.1, 0.15) is 53.0 Å². The molecule has 0 aliphatic carbocycles. The number of nitrogens with one attached hydrogen (secondary N) is 1. The van der Waals surface area contributed by atoms with E-state index in [-0.39, 0.29) is 12.5 Å². The summed E-state index contributed by atoms with van der Waals surface area (Å²) in [6.45, 7) is 9.17. The quantitative estimate of drug-likeness (QED) is 0.767. The third kappa shape index (κ3) is 4.45. The zero-order chi connectivity index (χ0) is 19.3. The van der Waals surface area contributed by atoms with Crippen molar-refractivity contribution in [2.75, 3.05) is 18.6 Å². The van der Waals surface area contributed by atoms with Gasteiger partial charge in [-0.1, -0.05) is 0 Å². The molecule has 0 radical (unpaired) electrons. The highest BCUT2D eigenvalue weighted by Crippen LogP contribution is 2.18. The Morgan fingerprint density at radius 2 is 1.88 bits per heavy atom. The number of anilines is 1. The van der Waals surface area contributed by atoms with Crippen molar-refractivity contribution in [2.45, 2.75) is 40.3 Å². The minimum atomic E-state index is -0.454. The molecule has 0 spiro atoms. The summed E-state index contributed by atoms with van der Waals surface area (Å²) in [5.74, 6) is 0.325. The van der Waals surface area contributed by atoms with Gasteiger partial charge in [-0.15, -0.1) is 0 Å². The fourth-order valence-corrected chi connectivity index (χ4v) is 2.86. The number of methoxy groups -OCH3 is 1. The molecule has 2 aromatic rings. The predicted molar refractivity (Wildman–Crippen MR) is 101 cm³/mol. The van der Waals surface area contributed by atoms with E-state index in [2.05, 4.69) is 31.0 Å². The summed E-state index contributed by atoms with van der Waals surface area (Å²) in [7, 11) is 1.32. The van der Waals surface area contributed by atoms with Crippen molar-refractivity contribution in [2.24, 2.45) is 0 Å². The monoisotopic (exact) mass is 358 g/mol. The Balaban J connectivity index is 2.01. The lowest BCUT2D eigenvalue weighted by Crippen LogP contribution is -2.30. The lowest BCUT2D eigenvalue weighted by atomic mass is 10.1. The van der Waals surface area contributed by atoms with Crippen LogP contribution in [0.3, 0.4) is 0 Å². The molecular weight excluding hydrogens is 332 g/mol. The smallest absolute Gasteiger partial charge is 0.341 e. The summed E-state index contributed by atoms with van der Waals surface area (Å²) in [5, 5.41) is 2.80. The van der Waals surface area contributed by atoms with Crippen LogP contribution in [0, 0.1) is 6.92 Å². The number of rotatable bonds is 7. The van der Waals surface area contributed by atoms with Crippen molar-refractivity contribution >= 4 is 17.6 Å². The van der Waals surface area contributed by atoms with Crippen molar-refractivity contribution in [1.82, 2.24) is 5.32 Å². The molecule has 2 rings (SSSR count). The summed E-state index contributed by atoms with van der Waals surface area (Å²) < 4.78 is 10.2. The van der Waals surface area contributed by atoms with Gasteiger partial charge in [0, 0.05) is 23.8 Å². The van der Waals surface area contributed by atoms with E-state index in [1.807, 2.05) is 24.3 Å². The van der Waals surface area contributed by atoms with Crippen LogP contribution in [-0.4, -0.2) is 31.6 Å². The Kier molecular flexibility index (Phi) is 6.44. The Morgan fingerprint density at radius 3 is 2.42 bits per heavy atom. The van der Waals surface area contributed by atoms with E-state index in [4.69, 9.17) is 9.15 Å². The van der Waals surface area contributed by atoms with Gasteiger partial charge in [0.1, 0.15) is 17.1 Å². The van der Waals surface area contributed by atoms with Gasteiger partial charge in [-0.05, 0) is 58.0 Å². The summed E-state index contributed by atoms with van der Waals surface area (Å²) in [5.41, 5.74) is 2.03. The summed E-state index contributed by atoms with van der Waals surface area (Å²) in [6.07, 6.45) is 0. The van der Waals surface area contributed by atoms with Crippen LogP contribution >= 0.6 is 0 Å². The molecule has 0 atom stereocenters. The molecule has 0 unspecified atom stereocenters. The fourth-order valence-electron chi connectivity index (χ4n) is 2.86. The maximum Gasteiger partial charge on any atom is 0.341 e. The lowest BCUT2D eigenvalue weighted by molar-refractivity contribution is 0.0598. The van der Waals surface area contributed by atoms with Gasteiger partial charge in [-0.25, -0.2) is 4.79 Å². The lowest BCUT2D eigenvalue weighted by Gasteiger charge is -2.27. The molecule has 0 saturated carbocycles. The number of carbonyl (C=O) groups is 2. The molecule has 6 nitrogen and oxygen atoms in total. The van der Waals surface area contributed by atoms with Crippen molar-refractivity contribution in [3.05, 3.63) is 53.0 Å². The first-order valence-corrected chi connectivity index (χ1v) is 8.69. The van der Waals surface area contributed by atoms with E-state index < -0.39 is 5.97 Å². The molecule has 0 aliphatic rings. The Morgan fingerprint density at radius 1 is 1.23 bits per heavy atom. The first-order valence-electron chi connectivity index (χ1n) is 8.69. The summed E-state index contributed by atoms with van der Waals surface area (Å²) >= 11 is 0. The average Bonchev–Trinajstić information content (AvgIpc) is 3.00. The van der Waals surface area contributed by atoms with Crippen LogP contribution in [0.25, 0.3) is 0 Å². The molecule has 0 aliphatic heterocycles. The Bertz CT molecular complexity index is 763. The largest absolute Gasteiger partial charge is 0.465 e. The van der Waals surface area contributed by atoms with Gasteiger partial charge in [-0.3, -0.25) is 4.79 Å². The van der Waals surface area contributed by atoms with E-state index >= 15 is 0 Å². The van der Waals surface area contributed by atoms with Crippen LogP contribution < -0.4 is 10.2 Å². The molecule has 140 valence electrons. The second-order valence-electron chi connectivity index (χ2n) is 6.28. The fraction of sp³-hybridized carbons (Fsp3) is 0.400. The van der Waals surface area contributed by atoms with Gasteiger partial charge < -0.3 is 19.4 Å². The normalized spacial score (nSPS) is 10.7. The van der Waals surface area contributed by atoms with E-state index in [1.165, 1.54) is 7.11 Å². The molecule has 1 N–H and O–H groups in total. The SMILES string of the molecule is CCN(c1ccc(C(=O)NCc2cc(C(=O)OC)c(C)o2)cc1)C(C)C. The number of furan rings is 1. The zero-order valence-corrected chi connectivity index (χ0v) is 16.0. The van der Waals surface area contributed by atoms with Crippen LogP contribution in [0.2, 0.25) is 0 Å². The predicted octanol–water partition coefficient (Wildman–Crippen LogP) is 3.54. The number of aryl methyl sites for hydroxylation is 1. The number of carbonyl (C=O) groups excluding carboxylic acids is 2. The maximum absolute atomic E-state index is 12.3. The number of esters is 1. The number of amides is 1. The van der Waals surface area contributed by atoms with Crippen molar-refractivity contribution in [3.63, 3.8) is 0 Å². The second-order valence-corrected chi connectivity index (χ2v) is 6.28. The minimum absolute atomic E-state index is 0.196. The molecule has 1 aromatic heterocycles. The topological polar surface area (TPSA) is 71.8 Å². The van der Waals surface area contributed by atoms with Gasteiger partial charge in [-0.2, -0.15) is 0 Å². The molecular formula is C20H26N2O4. The standard InChI is InChI=1S/C20H26N2O4/c1-6-22(13(2)3)16-9-7-15(8-10-16)19(23)21-12-17-11-18(14(4)26-17)20(24)25-5/h7-11,13H,6,12H2,1-5H3,(H,21,23). The van der Waals surface area contributed by atoms with E-state index in [9.17, 15) is 9.59 Å². The molecule has 0 bridgehead atoms. The highest BCUT2D eigenvalue weighted by molar-refractivity contribution is 5.94. The summed E-state index contributed by atoms with van der Waals surface area (Å²) in [6, 6.07) is 9.50. The highest BCUT2D eigenvalue weighted by atomic mass is 16.5. The third-order valence-electron chi connectivity index (χ3n) is 4.22. The number of benzene rings is 1. The first kappa shape index (κ1) is 19.6. The van der Waals surface area contributed by atoms with Gasteiger partial charge >= 0.3 is 5.97 Å². The Labute approximate surface area is 154 Å². The molecule has 1 amide bonds. The highest BCUT2D eigenvalue weighted by Gasteiger charge is 2.16. The number of hydrogen-bond donors (Lipinski definition) is 1. The minimum Gasteiger partial charge on any atom is -0.465 e. The van der Waals surface area contributed by atoms with Crippen LogP contribution in [-0.2, 0) is 11.3 Å². The van der Waals surface area contributed by atoms with E-state index in [0.717, 1.165) is 12.2 Å². The van der Waals surface area contributed by atoms with Crippen molar-refractivity contribution < 1.29 is 18.7 Å². The molecule has 6 heteroatoms. The number of nitrogens with zero attached hydrogens (tertiary/aromatic N) is 1. The average molecular weight is 358 g/mol. The van der Waals surface area contributed by atoms with Crippen molar-refractivity contribution in [3.8, 4) is 0 Å². The van der Waals surface area contributed by atoms with Gasteiger partial charge in [0.15, 0.2) is 0 Å². The second kappa shape index (κ2) is 8.56. The first-order chi connectivity index (χ1) is 12.4. The van der Waals surface area contributed by atoms with Crippen LogP contribution in [0.5, 0.6) is 0 Å². The van der Waals surface area contributed by atoms with Gasteiger partial charge in [0.2, 0.25) is 0 Å². The Hall–Kier alpha value is -2.76. The third-order valence-corrected chi connectivity index (χ3v) is 4.22. The van der Waals surface area contributed by atoms with E-state index in [0.29, 0.717) is 28.7 Å². The van der Waals surface area contributed by atoms with E-state index in [1.54, 1.807) is 13.0 Å². The zero-order valence-electron chi connectivity index (χ0n) is 16.0. The van der Waals surface area contributed by atoms with Crippen LogP contribution in [0.4, 0.5) is 5.69 Å². The number of ether oxygens (including phenoxy) is 1. The molecule has 26 heavy (non-hydrogen) atoms. The maximum atomic E-state index is 12.3. The molecule has 1 heterocycles. The summed E-state index contributed by atoms with van der Waals surface area (Å²) in [4.78, 5) is 26.2. The van der Waals surface area contributed by atoms with Gasteiger partial charge in [0.05, 0.1) is 13.7 Å². The van der Waals surface area contributed by atoms with Crippen molar-refractivity contribution in [1.29, 1.82) is 0 Å². The molecule has 1 aromatic carbocycles.